The highest BCUT2D eigenvalue weighted by Crippen LogP contribution is 2.29. The molecule has 0 bridgehead atoms. The van der Waals surface area contributed by atoms with E-state index in [0.717, 1.165) is 5.56 Å². The number of carbonyl (C=O) groups is 2. The molecule has 1 N–H and O–H groups in total. The molecule has 0 aliphatic rings. The quantitative estimate of drug-likeness (QED) is 0.420. The van der Waals surface area contributed by atoms with E-state index < -0.39 is 17.6 Å². The Morgan fingerprint density at radius 3 is 2.48 bits per heavy atom. The van der Waals surface area contributed by atoms with E-state index in [4.69, 9.17) is 34.8 Å². The standard InChI is InChI=1S/C18H15Cl3N4O2/c1-8(2)13-14(9(3)4-5-23-13)24-18(27)11(7-22)15(26)10-6-12(19)17(21)25-16(10)20/h4-6,8,11H,1-3H3,(H,24,27). The minimum atomic E-state index is -1.64. The molecule has 1 amide bonds. The van der Waals surface area contributed by atoms with Crippen molar-refractivity contribution in [2.24, 2.45) is 5.92 Å². The zero-order valence-corrected chi connectivity index (χ0v) is 16.9. The average molecular weight is 426 g/mol. The molecule has 140 valence electrons. The third-order valence-corrected chi connectivity index (χ3v) is 4.75. The van der Waals surface area contributed by atoms with E-state index in [1.54, 1.807) is 25.3 Å². The molecule has 6 nitrogen and oxygen atoms in total. The van der Waals surface area contributed by atoms with E-state index in [9.17, 15) is 14.9 Å². The number of hydrogen-bond donors (Lipinski definition) is 1. The third-order valence-electron chi connectivity index (χ3n) is 3.79. The summed E-state index contributed by atoms with van der Waals surface area (Å²) in [5, 5.41) is 11.7. The summed E-state index contributed by atoms with van der Waals surface area (Å²) >= 11 is 17.5. The third kappa shape index (κ3) is 4.56. The van der Waals surface area contributed by atoms with Crippen LogP contribution >= 0.6 is 34.8 Å². The second-order valence-electron chi connectivity index (χ2n) is 6.06. The van der Waals surface area contributed by atoms with Crippen molar-refractivity contribution in [3.05, 3.63) is 50.5 Å². The van der Waals surface area contributed by atoms with Gasteiger partial charge in [-0.25, -0.2) is 4.98 Å². The normalized spacial score (nSPS) is 11.8. The molecule has 0 radical (unpaired) electrons. The zero-order valence-electron chi connectivity index (χ0n) is 14.7. The summed E-state index contributed by atoms with van der Waals surface area (Å²) in [6.07, 6.45) is 1.63. The number of carbonyl (C=O) groups excluding carboxylic acids is 2. The average Bonchev–Trinajstić information content (AvgIpc) is 2.60. The summed E-state index contributed by atoms with van der Waals surface area (Å²) in [5.74, 6) is -3.22. The van der Waals surface area contributed by atoms with Gasteiger partial charge in [-0.05, 0) is 30.5 Å². The second kappa shape index (κ2) is 8.66. The van der Waals surface area contributed by atoms with Crippen LogP contribution in [0.5, 0.6) is 0 Å². The fraction of sp³-hybridized carbons (Fsp3) is 0.278. The van der Waals surface area contributed by atoms with Gasteiger partial charge in [0, 0.05) is 6.20 Å². The van der Waals surface area contributed by atoms with E-state index in [-0.39, 0.29) is 26.8 Å². The van der Waals surface area contributed by atoms with Crippen LogP contribution in [0.1, 0.15) is 41.4 Å². The van der Waals surface area contributed by atoms with Crippen molar-refractivity contribution in [2.75, 3.05) is 5.32 Å². The SMILES string of the molecule is Cc1ccnc(C(C)C)c1NC(=O)C(C#N)C(=O)c1cc(Cl)c(Cl)nc1Cl. The second-order valence-corrected chi connectivity index (χ2v) is 7.18. The van der Waals surface area contributed by atoms with Gasteiger partial charge >= 0.3 is 0 Å². The smallest absolute Gasteiger partial charge is 0.249 e. The van der Waals surface area contributed by atoms with Gasteiger partial charge in [-0.1, -0.05) is 48.7 Å². The maximum Gasteiger partial charge on any atom is 0.249 e. The van der Waals surface area contributed by atoms with Crippen LogP contribution < -0.4 is 5.32 Å². The Morgan fingerprint density at radius 2 is 1.89 bits per heavy atom. The maximum absolute atomic E-state index is 12.7. The molecule has 2 aromatic rings. The largest absolute Gasteiger partial charge is 0.323 e. The van der Waals surface area contributed by atoms with Gasteiger partial charge in [-0.2, -0.15) is 5.26 Å². The number of nitrogens with zero attached hydrogens (tertiary/aromatic N) is 3. The van der Waals surface area contributed by atoms with Crippen LogP contribution in [0, 0.1) is 24.2 Å². The van der Waals surface area contributed by atoms with Crippen molar-refractivity contribution in [2.45, 2.75) is 26.7 Å². The minimum absolute atomic E-state index is 0.00767. The summed E-state index contributed by atoms with van der Waals surface area (Å²) in [6, 6.07) is 4.62. The molecule has 0 saturated carbocycles. The van der Waals surface area contributed by atoms with Crippen molar-refractivity contribution in [3.63, 3.8) is 0 Å². The van der Waals surface area contributed by atoms with Crippen LogP contribution in [0.3, 0.4) is 0 Å². The molecule has 0 aromatic carbocycles. The van der Waals surface area contributed by atoms with E-state index >= 15 is 0 Å². The molecular weight excluding hydrogens is 411 g/mol. The molecule has 2 aromatic heterocycles. The van der Waals surface area contributed by atoms with Gasteiger partial charge in [0.2, 0.25) is 5.91 Å². The van der Waals surface area contributed by atoms with Gasteiger partial charge in [0.05, 0.1) is 28.0 Å². The predicted octanol–water partition coefficient (Wildman–Crippen LogP) is 4.83. The number of anilines is 1. The fourth-order valence-corrected chi connectivity index (χ4v) is 2.95. The highest BCUT2D eigenvalue weighted by atomic mass is 35.5. The highest BCUT2D eigenvalue weighted by molar-refractivity contribution is 6.43. The number of halogens is 3. The summed E-state index contributed by atoms with van der Waals surface area (Å²) < 4.78 is 0. The number of nitriles is 1. The van der Waals surface area contributed by atoms with Gasteiger partial charge in [-0.3, -0.25) is 14.6 Å². The first-order valence-corrected chi connectivity index (χ1v) is 9.02. The van der Waals surface area contributed by atoms with E-state index in [2.05, 4.69) is 15.3 Å². The van der Waals surface area contributed by atoms with Gasteiger partial charge in [0.1, 0.15) is 10.3 Å². The highest BCUT2D eigenvalue weighted by Gasteiger charge is 2.31. The first-order chi connectivity index (χ1) is 12.7. The topological polar surface area (TPSA) is 95.7 Å². The molecular formula is C18H15Cl3N4O2. The molecule has 0 aliphatic carbocycles. The van der Waals surface area contributed by atoms with Crippen molar-refractivity contribution in [1.29, 1.82) is 5.26 Å². The molecule has 0 saturated heterocycles. The Kier molecular flexibility index (Phi) is 6.77. The van der Waals surface area contributed by atoms with Crippen LogP contribution in [-0.4, -0.2) is 21.7 Å². The van der Waals surface area contributed by atoms with Crippen LogP contribution in [0.25, 0.3) is 0 Å². The first kappa shape index (κ1) is 21.1. The molecule has 1 atom stereocenters. The van der Waals surface area contributed by atoms with Gasteiger partial charge < -0.3 is 5.32 Å². The predicted molar refractivity (Wildman–Crippen MR) is 104 cm³/mol. The lowest BCUT2D eigenvalue weighted by Gasteiger charge is -2.17. The lowest BCUT2D eigenvalue weighted by atomic mass is 9.98. The molecule has 0 aliphatic heterocycles. The Balaban J connectivity index is 2.37. The molecule has 2 rings (SSSR count). The maximum atomic E-state index is 12.7. The number of amides is 1. The summed E-state index contributed by atoms with van der Waals surface area (Å²) in [7, 11) is 0. The van der Waals surface area contributed by atoms with Crippen molar-refractivity contribution in [3.8, 4) is 6.07 Å². The van der Waals surface area contributed by atoms with Gasteiger partial charge in [0.25, 0.3) is 0 Å². The summed E-state index contributed by atoms with van der Waals surface area (Å²) in [5.41, 5.74) is 1.74. The number of aromatic nitrogens is 2. The number of rotatable bonds is 5. The fourth-order valence-electron chi connectivity index (χ4n) is 2.39. The Morgan fingerprint density at radius 1 is 1.22 bits per heavy atom. The van der Waals surface area contributed by atoms with Crippen LogP contribution in [0.4, 0.5) is 5.69 Å². The van der Waals surface area contributed by atoms with Crippen LogP contribution in [0.15, 0.2) is 18.3 Å². The Hall–Kier alpha value is -2.20. The lowest BCUT2D eigenvalue weighted by molar-refractivity contribution is -0.117. The summed E-state index contributed by atoms with van der Waals surface area (Å²) in [6.45, 7) is 5.64. The number of aryl methyl sites for hydroxylation is 1. The van der Waals surface area contributed by atoms with Crippen molar-refractivity contribution < 1.29 is 9.59 Å². The minimum Gasteiger partial charge on any atom is -0.323 e. The number of Topliss-reactive ketones (excluding diaryl/α,β-unsaturated/α-hetero) is 1. The van der Waals surface area contributed by atoms with Gasteiger partial charge in [0.15, 0.2) is 11.7 Å². The van der Waals surface area contributed by atoms with E-state index in [1.807, 2.05) is 13.8 Å². The Labute approximate surface area is 171 Å². The van der Waals surface area contributed by atoms with Gasteiger partial charge in [-0.15, -0.1) is 0 Å². The molecule has 27 heavy (non-hydrogen) atoms. The van der Waals surface area contributed by atoms with E-state index in [0.29, 0.717) is 11.4 Å². The number of ketones is 1. The molecule has 0 fully saturated rings. The zero-order chi connectivity index (χ0) is 20.3. The first-order valence-electron chi connectivity index (χ1n) is 7.89. The van der Waals surface area contributed by atoms with Crippen molar-refractivity contribution >= 4 is 52.2 Å². The monoisotopic (exact) mass is 424 g/mol. The number of hydrogen-bond acceptors (Lipinski definition) is 5. The molecule has 9 heteroatoms. The summed E-state index contributed by atoms with van der Waals surface area (Å²) in [4.78, 5) is 33.3. The molecule has 0 spiro atoms. The number of pyridine rings is 2. The number of nitrogens with one attached hydrogen (secondary N) is 1. The van der Waals surface area contributed by atoms with Crippen LogP contribution in [0.2, 0.25) is 15.3 Å². The van der Waals surface area contributed by atoms with Crippen LogP contribution in [-0.2, 0) is 4.79 Å². The molecule has 2 heterocycles. The Bertz CT molecular complexity index is 954. The lowest BCUT2D eigenvalue weighted by Crippen LogP contribution is -2.30. The van der Waals surface area contributed by atoms with Crippen molar-refractivity contribution in [1.82, 2.24) is 9.97 Å². The molecule has 1 unspecified atom stereocenters. The van der Waals surface area contributed by atoms with E-state index in [1.165, 1.54) is 6.07 Å².